The third kappa shape index (κ3) is 3.22. The molecule has 1 aliphatic rings. The van der Waals surface area contributed by atoms with Gasteiger partial charge in [0.15, 0.2) is 12.3 Å². The highest BCUT2D eigenvalue weighted by atomic mass is 35.5. The largest absolute Gasteiger partial charge is 1.00 e. The second kappa shape index (κ2) is 7.73. The molecule has 3 aromatic rings. The molecule has 0 bridgehead atoms. The average Bonchev–Trinajstić information content (AvgIpc) is 3.27. The number of benzene rings is 2. The normalized spacial score (nSPS) is 19.5. The Balaban J connectivity index is 0.00000196. The van der Waals surface area contributed by atoms with E-state index in [1.54, 1.807) is 11.3 Å². The predicted molar refractivity (Wildman–Crippen MR) is 105 cm³/mol. The molecule has 2 nitrogen and oxygen atoms in total. The van der Waals surface area contributed by atoms with Gasteiger partial charge in [0.2, 0.25) is 0 Å². The fourth-order valence-electron chi connectivity index (χ4n) is 3.93. The lowest BCUT2D eigenvalue weighted by Gasteiger charge is -2.24. The quantitative estimate of drug-likeness (QED) is 0.628. The van der Waals surface area contributed by atoms with E-state index in [0.29, 0.717) is 0 Å². The van der Waals surface area contributed by atoms with Crippen molar-refractivity contribution < 1.29 is 17.0 Å². The molecule has 0 saturated heterocycles. The first-order valence-corrected chi connectivity index (χ1v) is 9.68. The summed E-state index contributed by atoms with van der Waals surface area (Å²) in [5.41, 5.74) is 5.35. The monoisotopic (exact) mass is 382 g/mol. The van der Waals surface area contributed by atoms with Gasteiger partial charge >= 0.3 is 0 Å². The Morgan fingerprint density at radius 3 is 2.42 bits per heavy atom. The zero-order chi connectivity index (χ0) is 17.3. The van der Waals surface area contributed by atoms with Crippen LogP contribution in [-0.4, -0.2) is 21.8 Å². The molecule has 0 saturated carbocycles. The molecule has 1 atom stereocenters. The minimum atomic E-state index is -0.0867. The Kier molecular flexibility index (Phi) is 5.59. The van der Waals surface area contributed by atoms with Crippen LogP contribution in [0, 0.1) is 6.92 Å². The second-order valence-corrected chi connectivity index (χ2v) is 7.75. The molecular weight excluding hydrogens is 360 g/mol. The number of thiazole rings is 1. The van der Waals surface area contributed by atoms with Gasteiger partial charge in [0.1, 0.15) is 17.0 Å². The van der Waals surface area contributed by atoms with Crippen molar-refractivity contribution in [1.29, 1.82) is 0 Å². The van der Waals surface area contributed by atoms with Gasteiger partial charge in [-0.3, -0.25) is 0 Å². The topological polar surface area (TPSA) is 15.9 Å². The van der Waals surface area contributed by atoms with Crippen LogP contribution in [0.5, 0.6) is 0 Å². The Hall–Kier alpha value is -1.97. The predicted octanol–water partition coefficient (Wildman–Crippen LogP) is 1.82. The van der Waals surface area contributed by atoms with Gasteiger partial charge in [0.25, 0.3) is 0 Å². The number of halogens is 1. The summed E-state index contributed by atoms with van der Waals surface area (Å²) in [6.07, 6.45) is 3.02. The molecule has 0 fully saturated rings. The smallest absolute Gasteiger partial charge is 0.168 e. The molecule has 4 rings (SSSR count). The lowest BCUT2D eigenvalue weighted by molar-refractivity contribution is -0.536. The molecule has 2 aromatic carbocycles. The summed E-state index contributed by atoms with van der Waals surface area (Å²) in [6, 6.07) is 19.7. The van der Waals surface area contributed by atoms with Gasteiger partial charge in [-0.25, -0.2) is 9.56 Å². The number of rotatable bonds is 4. The van der Waals surface area contributed by atoms with Crippen molar-refractivity contribution in [3.05, 3.63) is 87.9 Å². The van der Waals surface area contributed by atoms with Gasteiger partial charge in [-0.1, -0.05) is 60.2 Å². The number of aromatic nitrogens is 1. The van der Waals surface area contributed by atoms with E-state index in [2.05, 4.69) is 78.4 Å². The molecule has 1 aliphatic heterocycles. The molecule has 2 heterocycles. The Morgan fingerprint density at radius 1 is 1.04 bits per heavy atom. The molecule has 1 unspecified atom stereocenters. The Morgan fingerprint density at radius 2 is 1.77 bits per heavy atom. The first kappa shape index (κ1) is 18.8. The van der Waals surface area contributed by atoms with Crippen molar-refractivity contribution in [1.82, 2.24) is 4.98 Å². The first-order valence-electron chi connectivity index (χ1n) is 8.80. The van der Waals surface area contributed by atoms with Gasteiger partial charge in [0.05, 0.1) is 0 Å². The van der Waals surface area contributed by atoms with Crippen molar-refractivity contribution in [2.45, 2.75) is 32.2 Å². The van der Waals surface area contributed by atoms with Crippen LogP contribution < -0.4 is 12.4 Å². The number of hydrogen-bond acceptors (Lipinski definition) is 2. The zero-order valence-corrected chi connectivity index (χ0v) is 16.7. The summed E-state index contributed by atoms with van der Waals surface area (Å²) in [5.74, 6) is 0. The minimum absolute atomic E-state index is 0. The van der Waals surface area contributed by atoms with Crippen LogP contribution in [0.4, 0.5) is 0 Å². The standard InChI is InChI=1S/C22H23N2S.ClH/c1-17-8-10-20(11-9-17)22(21-23-13-15-25-21)12-14-24(18(22)2)16-19-6-4-3-5-7-19;/h3-11,13,15H,12,14,16H2,1-2H3;1H/q+1;/p-1. The van der Waals surface area contributed by atoms with Gasteiger partial charge < -0.3 is 12.4 Å². The van der Waals surface area contributed by atoms with E-state index in [1.807, 2.05) is 6.20 Å². The Labute approximate surface area is 165 Å². The molecule has 0 amide bonds. The summed E-state index contributed by atoms with van der Waals surface area (Å²) in [4.78, 5) is 4.73. The van der Waals surface area contributed by atoms with Crippen LogP contribution in [0.15, 0.2) is 66.2 Å². The molecule has 1 aromatic heterocycles. The third-order valence-corrected chi connectivity index (χ3v) is 6.34. The second-order valence-electron chi connectivity index (χ2n) is 6.85. The van der Waals surface area contributed by atoms with E-state index in [9.17, 15) is 0 Å². The molecule has 0 radical (unpaired) electrons. The van der Waals surface area contributed by atoms with Crippen LogP contribution in [0.3, 0.4) is 0 Å². The number of nitrogens with zero attached hydrogens (tertiary/aromatic N) is 2. The fraction of sp³-hybridized carbons (Fsp3) is 0.273. The van der Waals surface area contributed by atoms with Crippen molar-refractivity contribution in [2.75, 3.05) is 6.54 Å². The van der Waals surface area contributed by atoms with Gasteiger partial charge in [-0.05, 0) is 12.5 Å². The highest BCUT2D eigenvalue weighted by molar-refractivity contribution is 7.09. The first-order chi connectivity index (χ1) is 12.2. The van der Waals surface area contributed by atoms with Crippen LogP contribution in [0.1, 0.15) is 35.0 Å². The highest BCUT2D eigenvalue weighted by Crippen LogP contribution is 2.41. The molecule has 26 heavy (non-hydrogen) atoms. The van der Waals surface area contributed by atoms with Crippen molar-refractivity contribution in [3.8, 4) is 0 Å². The maximum Gasteiger partial charge on any atom is 0.168 e. The van der Waals surface area contributed by atoms with E-state index in [0.717, 1.165) is 19.5 Å². The summed E-state index contributed by atoms with van der Waals surface area (Å²) >= 11 is 1.77. The fourth-order valence-corrected chi connectivity index (χ4v) is 4.87. The minimum Gasteiger partial charge on any atom is -1.00 e. The van der Waals surface area contributed by atoms with Gasteiger partial charge in [0, 0.05) is 30.5 Å². The molecular formula is C22H23ClN2S. The number of aryl methyl sites for hydroxylation is 1. The van der Waals surface area contributed by atoms with Crippen LogP contribution in [0.2, 0.25) is 0 Å². The summed E-state index contributed by atoms with van der Waals surface area (Å²) in [5, 5.41) is 3.31. The summed E-state index contributed by atoms with van der Waals surface area (Å²) in [7, 11) is 0. The van der Waals surface area contributed by atoms with Crippen molar-refractivity contribution >= 4 is 17.0 Å². The number of hydrogen-bond donors (Lipinski definition) is 0. The van der Waals surface area contributed by atoms with Crippen LogP contribution in [-0.2, 0) is 12.0 Å². The van der Waals surface area contributed by atoms with Gasteiger partial charge in [-0.2, -0.15) is 0 Å². The lowest BCUT2D eigenvalue weighted by atomic mass is 9.76. The van der Waals surface area contributed by atoms with Gasteiger partial charge in [-0.15, -0.1) is 11.3 Å². The van der Waals surface area contributed by atoms with E-state index >= 15 is 0 Å². The van der Waals surface area contributed by atoms with E-state index in [1.165, 1.54) is 27.4 Å². The summed E-state index contributed by atoms with van der Waals surface area (Å²) < 4.78 is 2.52. The van der Waals surface area contributed by atoms with Crippen LogP contribution in [0.25, 0.3) is 0 Å². The lowest BCUT2D eigenvalue weighted by Crippen LogP contribution is -3.00. The molecule has 0 aliphatic carbocycles. The molecule has 134 valence electrons. The molecule has 0 N–H and O–H groups in total. The van der Waals surface area contributed by atoms with E-state index in [-0.39, 0.29) is 17.8 Å². The Bertz CT molecular complexity index is 886. The SMILES string of the molecule is CC1=[N+](Cc2ccccc2)CCC1(c1ccc(C)cc1)c1nccs1.[Cl-]. The molecule has 4 heteroatoms. The third-order valence-electron chi connectivity index (χ3n) is 5.41. The highest BCUT2D eigenvalue weighted by Gasteiger charge is 2.49. The average molecular weight is 383 g/mol. The zero-order valence-electron chi connectivity index (χ0n) is 15.2. The van der Waals surface area contributed by atoms with Crippen molar-refractivity contribution in [2.24, 2.45) is 0 Å². The maximum absolute atomic E-state index is 4.73. The molecule has 0 spiro atoms. The summed E-state index contributed by atoms with van der Waals surface area (Å²) in [6.45, 7) is 6.46. The van der Waals surface area contributed by atoms with E-state index < -0.39 is 0 Å². The van der Waals surface area contributed by atoms with E-state index in [4.69, 9.17) is 4.98 Å². The van der Waals surface area contributed by atoms with Crippen molar-refractivity contribution in [3.63, 3.8) is 0 Å². The van der Waals surface area contributed by atoms with Crippen LogP contribution >= 0.6 is 11.3 Å². The maximum atomic E-state index is 4.73.